The first-order valence-corrected chi connectivity index (χ1v) is 8.43. The highest BCUT2D eigenvalue weighted by atomic mass is 32.1. The van der Waals surface area contributed by atoms with E-state index in [1.165, 1.54) is 7.05 Å². The number of nitrogens with zero attached hydrogens (tertiary/aromatic N) is 4. The van der Waals surface area contributed by atoms with E-state index in [2.05, 4.69) is 10.1 Å². The minimum atomic E-state index is -4.47. The molecule has 0 saturated heterocycles. The SMILES string of the molecule is CN(Cc1ccncc1)C(=O)c1ccc(-c2cc(C(F)(F)F)n(C)n2)s1. The van der Waals surface area contributed by atoms with Crippen LogP contribution in [0.2, 0.25) is 0 Å². The quantitative estimate of drug-likeness (QED) is 0.691. The molecule has 0 N–H and O–H groups in total. The van der Waals surface area contributed by atoms with E-state index in [9.17, 15) is 18.0 Å². The number of aromatic nitrogens is 3. The fraction of sp³-hybridized carbons (Fsp3) is 0.235. The van der Waals surface area contributed by atoms with Crippen LogP contribution in [0.4, 0.5) is 13.2 Å². The van der Waals surface area contributed by atoms with Crippen molar-refractivity contribution in [2.24, 2.45) is 7.05 Å². The van der Waals surface area contributed by atoms with Crippen molar-refractivity contribution in [1.82, 2.24) is 19.7 Å². The van der Waals surface area contributed by atoms with Gasteiger partial charge in [-0.2, -0.15) is 18.3 Å². The third-order valence-corrected chi connectivity index (χ3v) is 4.85. The summed E-state index contributed by atoms with van der Waals surface area (Å²) in [5, 5.41) is 3.91. The number of amides is 1. The van der Waals surface area contributed by atoms with Gasteiger partial charge in [-0.05, 0) is 35.9 Å². The second kappa shape index (κ2) is 6.91. The summed E-state index contributed by atoms with van der Waals surface area (Å²) in [5.74, 6) is -0.204. The summed E-state index contributed by atoms with van der Waals surface area (Å²) in [4.78, 5) is 19.0. The summed E-state index contributed by atoms with van der Waals surface area (Å²) in [6, 6.07) is 7.83. The Balaban J connectivity index is 1.78. The topological polar surface area (TPSA) is 51.0 Å². The van der Waals surface area contributed by atoms with Gasteiger partial charge in [0.1, 0.15) is 11.4 Å². The molecule has 0 spiro atoms. The number of alkyl halides is 3. The first-order chi connectivity index (χ1) is 12.3. The van der Waals surface area contributed by atoms with Crippen molar-refractivity contribution in [2.45, 2.75) is 12.7 Å². The summed E-state index contributed by atoms with van der Waals surface area (Å²) in [6.07, 6.45) is -1.17. The van der Waals surface area contributed by atoms with Crippen molar-refractivity contribution in [3.8, 4) is 10.6 Å². The standard InChI is InChI=1S/C17H15F3N4OS/c1-23(10-11-5-7-21-8-6-11)16(25)14-4-3-13(26-14)12-9-15(17(18,19)20)24(2)22-12/h3-9H,10H2,1-2H3. The first kappa shape index (κ1) is 18.1. The number of carbonyl (C=O) groups is 1. The summed E-state index contributed by atoms with van der Waals surface area (Å²) < 4.78 is 39.5. The van der Waals surface area contributed by atoms with Crippen LogP contribution in [0.15, 0.2) is 42.7 Å². The summed E-state index contributed by atoms with van der Waals surface area (Å²) in [5.41, 5.74) is 0.302. The molecule has 1 amide bonds. The molecule has 0 unspecified atom stereocenters. The highest BCUT2D eigenvalue weighted by molar-refractivity contribution is 7.17. The zero-order valence-corrected chi connectivity index (χ0v) is 14.8. The molecular formula is C17H15F3N4OS. The van der Waals surface area contributed by atoms with Crippen LogP contribution in [0.1, 0.15) is 20.9 Å². The van der Waals surface area contributed by atoms with Gasteiger partial charge in [-0.3, -0.25) is 14.5 Å². The fourth-order valence-electron chi connectivity index (χ4n) is 2.47. The van der Waals surface area contributed by atoms with E-state index < -0.39 is 11.9 Å². The maximum absolute atomic E-state index is 12.9. The van der Waals surface area contributed by atoms with Crippen LogP contribution in [0.25, 0.3) is 10.6 Å². The average molecular weight is 380 g/mol. The second-order valence-electron chi connectivity index (χ2n) is 5.72. The molecule has 0 bridgehead atoms. The number of thiophene rings is 1. The van der Waals surface area contributed by atoms with Gasteiger partial charge in [-0.1, -0.05) is 0 Å². The Labute approximate surface area is 151 Å². The van der Waals surface area contributed by atoms with Crippen molar-refractivity contribution in [3.63, 3.8) is 0 Å². The number of pyridine rings is 1. The Morgan fingerprint density at radius 2 is 1.92 bits per heavy atom. The predicted octanol–water partition coefficient (Wildman–Crippen LogP) is 3.83. The molecule has 0 fully saturated rings. The number of carbonyl (C=O) groups excluding carboxylic acids is 1. The normalized spacial score (nSPS) is 11.6. The third kappa shape index (κ3) is 3.77. The van der Waals surface area contributed by atoms with Crippen molar-refractivity contribution in [3.05, 3.63) is 58.9 Å². The highest BCUT2D eigenvalue weighted by Crippen LogP contribution is 2.34. The van der Waals surface area contributed by atoms with Crippen molar-refractivity contribution in [1.29, 1.82) is 0 Å². The van der Waals surface area contributed by atoms with Gasteiger partial charge in [0.05, 0.1) is 9.75 Å². The molecule has 26 heavy (non-hydrogen) atoms. The zero-order valence-electron chi connectivity index (χ0n) is 14.0. The van der Waals surface area contributed by atoms with Crippen molar-refractivity contribution >= 4 is 17.2 Å². The van der Waals surface area contributed by atoms with Gasteiger partial charge < -0.3 is 4.90 Å². The monoisotopic (exact) mass is 380 g/mol. The number of hydrogen-bond acceptors (Lipinski definition) is 4. The van der Waals surface area contributed by atoms with E-state index in [0.29, 0.717) is 16.3 Å². The van der Waals surface area contributed by atoms with Crippen molar-refractivity contribution < 1.29 is 18.0 Å². The summed E-state index contributed by atoms with van der Waals surface area (Å²) >= 11 is 1.12. The third-order valence-electron chi connectivity index (χ3n) is 3.76. The highest BCUT2D eigenvalue weighted by Gasteiger charge is 2.35. The second-order valence-corrected chi connectivity index (χ2v) is 6.80. The molecular weight excluding hydrogens is 365 g/mol. The lowest BCUT2D eigenvalue weighted by molar-refractivity contribution is -0.143. The molecule has 9 heteroatoms. The molecule has 3 heterocycles. The van der Waals surface area contributed by atoms with Gasteiger partial charge >= 0.3 is 6.18 Å². The van der Waals surface area contributed by atoms with Crippen LogP contribution < -0.4 is 0 Å². The minimum absolute atomic E-state index is 0.195. The van der Waals surface area contributed by atoms with Crippen LogP contribution in [0.3, 0.4) is 0 Å². The van der Waals surface area contributed by atoms with Gasteiger partial charge in [0.25, 0.3) is 5.91 Å². The van der Waals surface area contributed by atoms with E-state index >= 15 is 0 Å². The molecule has 5 nitrogen and oxygen atoms in total. The van der Waals surface area contributed by atoms with Crippen LogP contribution in [0.5, 0.6) is 0 Å². The van der Waals surface area contributed by atoms with Gasteiger partial charge in [-0.15, -0.1) is 11.3 Å². The number of hydrogen-bond donors (Lipinski definition) is 0. The van der Waals surface area contributed by atoms with E-state index in [0.717, 1.165) is 27.6 Å². The molecule has 0 saturated carbocycles. The number of aryl methyl sites for hydroxylation is 1. The molecule has 3 aromatic heterocycles. The van der Waals surface area contributed by atoms with Crippen LogP contribution in [-0.4, -0.2) is 32.6 Å². The predicted molar refractivity (Wildman–Crippen MR) is 91.6 cm³/mol. The lowest BCUT2D eigenvalue weighted by atomic mass is 10.2. The molecule has 3 aromatic rings. The van der Waals surface area contributed by atoms with Crippen LogP contribution in [-0.2, 0) is 19.8 Å². The van der Waals surface area contributed by atoms with Gasteiger partial charge in [-0.25, -0.2) is 0 Å². The molecule has 0 aromatic carbocycles. The maximum atomic E-state index is 12.9. The largest absolute Gasteiger partial charge is 0.433 e. The Morgan fingerprint density at radius 1 is 1.23 bits per heavy atom. The smallest absolute Gasteiger partial charge is 0.337 e. The average Bonchev–Trinajstić information content (AvgIpc) is 3.21. The van der Waals surface area contributed by atoms with E-state index in [4.69, 9.17) is 0 Å². The molecule has 0 atom stereocenters. The molecule has 136 valence electrons. The van der Waals surface area contributed by atoms with E-state index in [1.807, 2.05) is 12.1 Å². The zero-order chi connectivity index (χ0) is 18.9. The van der Waals surface area contributed by atoms with Crippen LogP contribution >= 0.6 is 11.3 Å². The minimum Gasteiger partial charge on any atom is -0.337 e. The van der Waals surface area contributed by atoms with Crippen molar-refractivity contribution in [2.75, 3.05) is 7.05 Å². The van der Waals surface area contributed by atoms with Gasteiger partial charge in [0, 0.05) is 33.0 Å². The maximum Gasteiger partial charge on any atom is 0.433 e. The Hall–Kier alpha value is -2.68. The van der Waals surface area contributed by atoms with Gasteiger partial charge in [0.2, 0.25) is 0 Å². The molecule has 0 radical (unpaired) electrons. The number of rotatable bonds is 4. The van der Waals surface area contributed by atoms with E-state index in [-0.39, 0.29) is 11.6 Å². The Morgan fingerprint density at radius 3 is 2.54 bits per heavy atom. The summed E-state index contributed by atoms with van der Waals surface area (Å²) in [7, 11) is 2.92. The fourth-order valence-corrected chi connectivity index (χ4v) is 3.42. The molecule has 3 rings (SSSR count). The number of halogens is 3. The van der Waals surface area contributed by atoms with E-state index in [1.54, 1.807) is 36.5 Å². The Bertz CT molecular complexity index is 918. The van der Waals surface area contributed by atoms with Crippen LogP contribution in [0, 0.1) is 0 Å². The molecule has 0 aliphatic heterocycles. The molecule has 0 aliphatic carbocycles. The first-order valence-electron chi connectivity index (χ1n) is 7.61. The van der Waals surface area contributed by atoms with Gasteiger partial charge in [0.15, 0.2) is 0 Å². The molecule has 0 aliphatic rings. The summed E-state index contributed by atoms with van der Waals surface area (Å²) in [6.45, 7) is 0.413. The lowest BCUT2D eigenvalue weighted by Crippen LogP contribution is -2.25. The Kier molecular flexibility index (Phi) is 4.82. The lowest BCUT2D eigenvalue weighted by Gasteiger charge is -2.16.